The van der Waals surface area contributed by atoms with Crippen molar-refractivity contribution in [1.29, 1.82) is 0 Å². The molecule has 0 saturated heterocycles. The largest absolute Gasteiger partial charge is 0.494 e. The summed E-state index contributed by atoms with van der Waals surface area (Å²) in [5.41, 5.74) is 4.10. The molecule has 0 saturated carbocycles. The standard InChI is InChI=1S/C26H21ClN2O3/c1-2-32-21-13-7-18(8-14-21)23-24(28-16-15-17-5-3-4-6-22(17)28)26(31)29(25(23)30)20-11-9-19(27)10-12-20/h3-14H,2,15-16H2,1H3. The Balaban J connectivity index is 1.64. The zero-order valence-electron chi connectivity index (χ0n) is 17.5. The number of benzene rings is 3. The van der Waals surface area contributed by atoms with Gasteiger partial charge in [-0.3, -0.25) is 9.59 Å². The summed E-state index contributed by atoms with van der Waals surface area (Å²) in [6.07, 6.45) is 0.818. The summed E-state index contributed by atoms with van der Waals surface area (Å²) in [6.45, 7) is 3.12. The lowest BCUT2D eigenvalue weighted by molar-refractivity contribution is -0.120. The van der Waals surface area contributed by atoms with Gasteiger partial charge < -0.3 is 9.64 Å². The molecular weight excluding hydrogens is 424 g/mol. The molecule has 3 aromatic rings. The van der Waals surface area contributed by atoms with E-state index in [9.17, 15) is 9.59 Å². The normalized spacial score (nSPS) is 15.6. The van der Waals surface area contributed by atoms with Crippen LogP contribution < -0.4 is 14.5 Å². The van der Waals surface area contributed by atoms with Gasteiger partial charge in [-0.05, 0) is 66.9 Å². The number of carbonyl (C=O) groups excluding carboxylic acids is 2. The van der Waals surface area contributed by atoms with Crippen molar-refractivity contribution < 1.29 is 14.3 Å². The topological polar surface area (TPSA) is 49.9 Å². The Kier molecular flexibility index (Phi) is 5.19. The second-order valence-electron chi connectivity index (χ2n) is 7.63. The van der Waals surface area contributed by atoms with Crippen LogP contribution in [0.4, 0.5) is 11.4 Å². The highest BCUT2D eigenvalue weighted by Crippen LogP contribution is 2.40. The fourth-order valence-electron chi connectivity index (χ4n) is 4.31. The monoisotopic (exact) mass is 444 g/mol. The lowest BCUT2D eigenvalue weighted by atomic mass is 10.0. The van der Waals surface area contributed by atoms with E-state index in [1.165, 1.54) is 4.90 Å². The smallest absolute Gasteiger partial charge is 0.282 e. The number of halogens is 1. The molecule has 32 heavy (non-hydrogen) atoms. The number of fused-ring (bicyclic) bond motifs is 1. The van der Waals surface area contributed by atoms with Gasteiger partial charge in [-0.1, -0.05) is 41.9 Å². The third-order valence-corrected chi connectivity index (χ3v) is 6.01. The fraction of sp³-hybridized carbons (Fsp3) is 0.154. The highest BCUT2D eigenvalue weighted by molar-refractivity contribution is 6.46. The third-order valence-electron chi connectivity index (χ3n) is 5.76. The average molecular weight is 445 g/mol. The van der Waals surface area contributed by atoms with Crippen molar-refractivity contribution in [3.63, 3.8) is 0 Å². The van der Waals surface area contributed by atoms with Gasteiger partial charge >= 0.3 is 0 Å². The number of ether oxygens (including phenoxy) is 1. The van der Waals surface area contributed by atoms with Gasteiger partial charge in [0.1, 0.15) is 11.4 Å². The molecule has 0 bridgehead atoms. The minimum Gasteiger partial charge on any atom is -0.494 e. The van der Waals surface area contributed by atoms with Crippen molar-refractivity contribution in [2.45, 2.75) is 13.3 Å². The van der Waals surface area contributed by atoms with Gasteiger partial charge in [-0.2, -0.15) is 0 Å². The summed E-state index contributed by atoms with van der Waals surface area (Å²) in [6, 6.07) is 22.0. The van der Waals surface area contributed by atoms with Crippen LogP contribution in [-0.4, -0.2) is 25.0 Å². The summed E-state index contributed by atoms with van der Waals surface area (Å²) in [5, 5.41) is 0.543. The summed E-state index contributed by atoms with van der Waals surface area (Å²) in [4.78, 5) is 30.6. The van der Waals surface area contributed by atoms with Crippen LogP contribution >= 0.6 is 11.6 Å². The summed E-state index contributed by atoms with van der Waals surface area (Å²) in [5.74, 6) is 0.0371. The summed E-state index contributed by atoms with van der Waals surface area (Å²) < 4.78 is 5.54. The van der Waals surface area contributed by atoms with Crippen LogP contribution in [-0.2, 0) is 16.0 Å². The molecule has 0 fully saturated rings. The molecule has 2 aliphatic rings. The number of para-hydroxylation sites is 1. The quantitative estimate of drug-likeness (QED) is 0.514. The molecule has 2 amide bonds. The van der Waals surface area contributed by atoms with E-state index >= 15 is 0 Å². The molecule has 0 aromatic heterocycles. The molecule has 0 N–H and O–H groups in total. The van der Waals surface area contributed by atoms with E-state index in [1.807, 2.05) is 54.3 Å². The van der Waals surface area contributed by atoms with Crippen LogP contribution in [0.15, 0.2) is 78.5 Å². The second-order valence-corrected chi connectivity index (χ2v) is 8.07. The zero-order valence-corrected chi connectivity index (χ0v) is 18.3. The van der Waals surface area contributed by atoms with Gasteiger partial charge in [0.25, 0.3) is 11.8 Å². The van der Waals surface area contributed by atoms with E-state index in [0.717, 1.165) is 23.4 Å². The Labute approximate surface area is 191 Å². The molecule has 5 rings (SSSR count). The number of amides is 2. The highest BCUT2D eigenvalue weighted by atomic mass is 35.5. The van der Waals surface area contributed by atoms with Crippen LogP contribution in [0.3, 0.4) is 0 Å². The van der Waals surface area contributed by atoms with Crippen LogP contribution in [0.1, 0.15) is 18.1 Å². The van der Waals surface area contributed by atoms with Crippen molar-refractivity contribution in [3.8, 4) is 5.75 Å². The van der Waals surface area contributed by atoms with Crippen molar-refractivity contribution in [2.24, 2.45) is 0 Å². The van der Waals surface area contributed by atoms with Crippen molar-refractivity contribution in [1.82, 2.24) is 0 Å². The second kappa shape index (κ2) is 8.17. The minimum absolute atomic E-state index is 0.335. The molecule has 0 radical (unpaired) electrons. The molecule has 3 aromatic carbocycles. The van der Waals surface area contributed by atoms with Gasteiger partial charge in [0.2, 0.25) is 0 Å². The summed E-state index contributed by atoms with van der Waals surface area (Å²) >= 11 is 6.03. The Morgan fingerprint density at radius 2 is 1.62 bits per heavy atom. The van der Waals surface area contributed by atoms with E-state index < -0.39 is 0 Å². The number of hydrogen-bond acceptors (Lipinski definition) is 4. The van der Waals surface area contributed by atoms with Gasteiger partial charge in [0, 0.05) is 17.3 Å². The first kappa shape index (κ1) is 20.3. The Morgan fingerprint density at radius 3 is 2.34 bits per heavy atom. The van der Waals surface area contributed by atoms with E-state index in [2.05, 4.69) is 6.07 Å². The predicted octanol–water partition coefficient (Wildman–Crippen LogP) is 5.09. The Bertz CT molecular complexity index is 1230. The first-order chi connectivity index (χ1) is 15.6. The average Bonchev–Trinajstić information content (AvgIpc) is 3.33. The van der Waals surface area contributed by atoms with Crippen LogP contribution in [0.2, 0.25) is 5.02 Å². The SMILES string of the molecule is CCOc1ccc(C2=C(N3CCc4ccccc43)C(=O)N(c3ccc(Cl)cc3)C2=O)cc1. The maximum atomic E-state index is 13.7. The number of imide groups is 1. The number of anilines is 2. The first-order valence-corrected chi connectivity index (χ1v) is 10.9. The number of hydrogen-bond donors (Lipinski definition) is 0. The van der Waals surface area contributed by atoms with Crippen LogP contribution in [0.5, 0.6) is 5.75 Å². The lowest BCUT2D eigenvalue weighted by Gasteiger charge is -2.22. The van der Waals surface area contributed by atoms with E-state index in [4.69, 9.17) is 16.3 Å². The first-order valence-electron chi connectivity index (χ1n) is 10.6. The van der Waals surface area contributed by atoms with Gasteiger partial charge in [-0.25, -0.2) is 4.90 Å². The maximum Gasteiger partial charge on any atom is 0.282 e. The molecule has 5 nitrogen and oxygen atoms in total. The van der Waals surface area contributed by atoms with Crippen LogP contribution in [0, 0.1) is 0 Å². The van der Waals surface area contributed by atoms with Gasteiger partial charge in [0.15, 0.2) is 0 Å². The zero-order chi connectivity index (χ0) is 22.2. The van der Waals surface area contributed by atoms with Gasteiger partial charge in [-0.15, -0.1) is 0 Å². The van der Waals surface area contributed by atoms with Gasteiger partial charge in [0.05, 0.1) is 17.9 Å². The van der Waals surface area contributed by atoms with Crippen molar-refractivity contribution in [2.75, 3.05) is 23.0 Å². The molecule has 0 unspecified atom stereocenters. The molecule has 0 atom stereocenters. The number of nitrogens with zero attached hydrogens (tertiary/aromatic N) is 2. The molecule has 2 aliphatic heterocycles. The lowest BCUT2D eigenvalue weighted by Crippen LogP contribution is -2.34. The minimum atomic E-state index is -0.346. The van der Waals surface area contributed by atoms with Crippen molar-refractivity contribution >= 4 is 40.4 Å². The molecule has 0 aliphatic carbocycles. The Hall–Kier alpha value is -3.57. The number of rotatable bonds is 5. The van der Waals surface area contributed by atoms with E-state index in [1.54, 1.807) is 24.3 Å². The van der Waals surface area contributed by atoms with Crippen LogP contribution in [0.25, 0.3) is 5.57 Å². The van der Waals surface area contributed by atoms with Crippen molar-refractivity contribution in [3.05, 3.63) is 94.6 Å². The third kappa shape index (κ3) is 3.35. The fourth-order valence-corrected chi connectivity index (χ4v) is 4.43. The summed E-state index contributed by atoms with van der Waals surface area (Å²) in [7, 11) is 0. The molecule has 2 heterocycles. The van der Waals surface area contributed by atoms with E-state index in [0.29, 0.717) is 40.7 Å². The molecular formula is C26H21ClN2O3. The Morgan fingerprint density at radius 1 is 0.906 bits per heavy atom. The molecule has 0 spiro atoms. The predicted molar refractivity (Wildman–Crippen MR) is 126 cm³/mol. The highest BCUT2D eigenvalue weighted by Gasteiger charge is 2.44. The number of carbonyl (C=O) groups is 2. The maximum absolute atomic E-state index is 13.7. The van der Waals surface area contributed by atoms with E-state index in [-0.39, 0.29) is 11.8 Å². The molecule has 6 heteroatoms. The molecule has 160 valence electrons.